The van der Waals surface area contributed by atoms with Crippen molar-refractivity contribution in [3.63, 3.8) is 0 Å². The first-order valence-electron chi connectivity index (χ1n) is 5.92. The molecule has 0 bridgehead atoms. The fourth-order valence-corrected chi connectivity index (χ4v) is 2.26. The minimum Gasteiger partial charge on any atom is -0.173 e. The van der Waals surface area contributed by atoms with Gasteiger partial charge in [-0.2, -0.15) is 20.5 Å². The van der Waals surface area contributed by atoms with Crippen LogP contribution in [-0.2, 0) is 0 Å². The quantitative estimate of drug-likeness (QED) is 0.540. The van der Waals surface area contributed by atoms with E-state index in [-0.39, 0.29) is 5.41 Å². The zero-order valence-electron chi connectivity index (χ0n) is 11.5. The average molecular weight is 275 g/mol. The molecule has 0 N–H and O–H groups in total. The first-order chi connectivity index (χ1) is 8.86. The van der Waals surface area contributed by atoms with Gasteiger partial charge in [0.15, 0.2) is 0 Å². The van der Waals surface area contributed by atoms with Gasteiger partial charge in [0.05, 0.1) is 16.5 Å². The van der Waals surface area contributed by atoms with Crippen molar-refractivity contribution in [2.45, 2.75) is 34.1 Å². The van der Waals surface area contributed by atoms with Crippen LogP contribution in [0.2, 0.25) is 0 Å². The molecule has 0 amide bonds. The second kappa shape index (κ2) is 5.82. The Morgan fingerprint density at radius 2 is 1.79 bits per heavy atom. The van der Waals surface area contributed by atoms with Crippen molar-refractivity contribution in [1.29, 1.82) is 10.5 Å². The van der Waals surface area contributed by atoms with Crippen molar-refractivity contribution in [3.05, 3.63) is 22.3 Å². The van der Waals surface area contributed by atoms with Gasteiger partial charge in [-0.25, -0.2) is 0 Å². The zero-order valence-corrected chi connectivity index (χ0v) is 12.2. The van der Waals surface area contributed by atoms with E-state index in [9.17, 15) is 0 Å². The number of aliphatic imine (C=N–C) groups is 2. The normalized spacial score (nSPS) is 20.3. The van der Waals surface area contributed by atoms with Crippen LogP contribution in [-0.4, -0.2) is 11.4 Å². The highest BCUT2D eigenvalue weighted by atomic mass is 35.5. The lowest BCUT2D eigenvalue weighted by molar-refractivity contribution is 0.525. The van der Waals surface area contributed by atoms with Gasteiger partial charge in [0, 0.05) is 0 Å². The summed E-state index contributed by atoms with van der Waals surface area (Å²) in [5.41, 5.74) is 2.34. The predicted molar refractivity (Wildman–Crippen MR) is 76.8 cm³/mol. The van der Waals surface area contributed by atoms with Crippen molar-refractivity contribution >= 4 is 23.0 Å². The molecular formula is C14H15ClN4. The van der Waals surface area contributed by atoms with E-state index in [4.69, 9.17) is 22.1 Å². The lowest BCUT2D eigenvalue weighted by Gasteiger charge is -2.28. The van der Waals surface area contributed by atoms with Crippen molar-refractivity contribution in [2.24, 2.45) is 15.4 Å². The molecule has 0 saturated carbocycles. The van der Waals surface area contributed by atoms with E-state index >= 15 is 0 Å². The molecule has 0 spiro atoms. The van der Waals surface area contributed by atoms with Gasteiger partial charge < -0.3 is 0 Å². The maximum atomic E-state index is 8.82. The van der Waals surface area contributed by atoms with Crippen LogP contribution in [0.5, 0.6) is 0 Å². The smallest absolute Gasteiger partial charge is 0.173 e. The van der Waals surface area contributed by atoms with Crippen LogP contribution in [0, 0.1) is 28.3 Å². The molecule has 1 aliphatic rings. The summed E-state index contributed by atoms with van der Waals surface area (Å²) in [4.78, 5) is 7.64. The molecule has 0 aromatic heterocycles. The Kier molecular flexibility index (Phi) is 4.64. The number of hydrogen-bond acceptors (Lipinski definition) is 4. The highest BCUT2D eigenvalue weighted by Crippen LogP contribution is 2.35. The summed E-state index contributed by atoms with van der Waals surface area (Å²) in [7, 11) is 0. The van der Waals surface area contributed by atoms with Crippen LogP contribution >= 0.6 is 11.6 Å². The Morgan fingerprint density at radius 3 is 2.21 bits per heavy atom. The van der Waals surface area contributed by atoms with Crippen molar-refractivity contribution in [1.82, 2.24) is 0 Å². The Bertz CT molecular complexity index is 586. The Hall–Kier alpha value is -1.91. The van der Waals surface area contributed by atoms with E-state index in [1.54, 1.807) is 18.5 Å². The second-order valence-electron chi connectivity index (χ2n) is 5.11. The summed E-state index contributed by atoms with van der Waals surface area (Å²) in [5.74, 6) is 0. The summed E-state index contributed by atoms with van der Waals surface area (Å²) in [6, 6.07) is 0. The van der Waals surface area contributed by atoms with E-state index in [2.05, 4.69) is 9.98 Å². The summed E-state index contributed by atoms with van der Waals surface area (Å²) in [6.07, 6.45) is 5.99. The number of nitriles is 2. The molecule has 0 aromatic rings. The zero-order chi connectivity index (χ0) is 14.6. The predicted octanol–water partition coefficient (Wildman–Crippen LogP) is 3.72. The van der Waals surface area contributed by atoms with Crippen LogP contribution in [0.4, 0.5) is 0 Å². The number of nitrogens with zero attached hydrogens (tertiary/aromatic N) is 4. The first kappa shape index (κ1) is 15.1. The first-order valence-corrected chi connectivity index (χ1v) is 6.30. The van der Waals surface area contributed by atoms with Crippen LogP contribution in [0.25, 0.3) is 0 Å². The molecular weight excluding hydrogens is 260 g/mol. The topological polar surface area (TPSA) is 72.3 Å². The van der Waals surface area contributed by atoms with Crippen molar-refractivity contribution in [3.8, 4) is 12.4 Å². The lowest BCUT2D eigenvalue weighted by Crippen LogP contribution is -2.25. The molecule has 19 heavy (non-hydrogen) atoms. The van der Waals surface area contributed by atoms with Crippen LogP contribution in [0.15, 0.2) is 32.2 Å². The summed E-state index contributed by atoms with van der Waals surface area (Å²) < 4.78 is 0. The average Bonchev–Trinajstić information content (AvgIpc) is 2.31. The molecule has 0 fully saturated rings. The summed E-state index contributed by atoms with van der Waals surface area (Å²) in [5, 5.41) is 18.0. The van der Waals surface area contributed by atoms with Gasteiger partial charge >= 0.3 is 0 Å². The van der Waals surface area contributed by atoms with Gasteiger partial charge in [-0.15, -0.1) is 0 Å². The molecule has 0 aliphatic heterocycles. The molecule has 0 saturated heterocycles. The molecule has 0 heterocycles. The standard InChI is InChI=1S/C14H15ClN4/c1-5-9-11(18-7-16)6-10(14(2,3)4)13(12(9)15)19-8-17/h6H,5H2,1-4H3. The minimum absolute atomic E-state index is 0.245. The molecule has 0 radical (unpaired) electrons. The number of hydrogen-bond donors (Lipinski definition) is 0. The molecule has 98 valence electrons. The van der Waals surface area contributed by atoms with Crippen molar-refractivity contribution < 1.29 is 0 Å². The summed E-state index contributed by atoms with van der Waals surface area (Å²) >= 11 is 6.33. The molecule has 4 nitrogen and oxygen atoms in total. The van der Waals surface area contributed by atoms with Gasteiger partial charge in [-0.05, 0) is 29.1 Å². The Balaban J connectivity index is 3.59. The van der Waals surface area contributed by atoms with Gasteiger partial charge in [-0.3, -0.25) is 0 Å². The third-order valence-electron chi connectivity index (χ3n) is 2.81. The Labute approximate surface area is 118 Å². The van der Waals surface area contributed by atoms with E-state index in [0.29, 0.717) is 22.9 Å². The monoisotopic (exact) mass is 274 g/mol. The highest BCUT2D eigenvalue weighted by molar-refractivity contribution is 6.50. The third kappa shape index (κ3) is 3.10. The number of halogens is 1. The van der Waals surface area contributed by atoms with Gasteiger partial charge in [0.2, 0.25) is 12.4 Å². The van der Waals surface area contributed by atoms with Gasteiger partial charge in [-0.1, -0.05) is 39.3 Å². The molecule has 1 aliphatic carbocycles. The maximum Gasteiger partial charge on any atom is 0.206 e. The second-order valence-corrected chi connectivity index (χ2v) is 5.49. The fraction of sp³-hybridized carbons (Fsp3) is 0.429. The van der Waals surface area contributed by atoms with Crippen LogP contribution < -0.4 is 0 Å². The molecule has 0 unspecified atom stereocenters. The van der Waals surface area contributed by atoms with E-state index in [1.807, 2.05) is 27.7 Å². The van der Waals surface area contributed by atoms with E-state index in [0.717, 1.165) is 11.1 Å². The Morgan fingerprint density at radius 1 is 1.21 bits per heavy atom. The summed E-state index contributed by atoms with van der Waals surface area (Å²) in [6.45, 7) is 7.91. The SMILES string of the molecule is CCC1=C(Cl)C(=NC#N)C(C(C)(C)C)=CC1=NC#N. The molecule has 5 heteroatoms. The van der Waals surface area contributed by atoms with Crippen LogP contribution in [0.3, 0.4) is 0 Å². The maximum absolute atomic E-state index is 8.82. The lowest BCUT2D eigenvalue weighted by atomic mass is 9.78. The van der Waals surface area contributed by atoms with Gasteiger partial charge in [0.1, 0.15) is 0 Å². The molecule has 0 atom stereocenters. The van der Waals surface area contributed by atoms with Gasteiger partial charge in [0.25, 0.3) is 0 Å². The number of rotatable bonds is 1. The third-order valence-corrected chi connectivity index (χ3v) is 3.22. The fourth-order valence-electron chi connectivity index (χ4n) is 1.89. The number of allylic oxidation sites excluding steroid dienone is 4. The van der Waals surface area contributed by atoms with E-state index in [1.165, 1.54) is 0 Å². The van der Waals surface area contributed by atoms with Crippen molar-refractivity contribution in [2.75, 3.05) is 0 Å². The molecule has 0 aromatic carbocycles. The van der Waals surface area contributed by atoms with E-state index < -0.39 is 0 Å². The van der Waals surface area contributed by atoms with Crippen LogP contribution in [0.1, 0.15) is 34.1 Å². The highest BCUT2D eigenvalue weighted by Gasteiger charge is 2.30. The largest absolute Gasteiger partial charge is 0.206 e. The minimum atomic E-state index is -0.245. The molecule has 1 rings (SSSR count).